The van der Waals surface area contributed by atoms with Gasteiger partial charge in [-0.1, -0.05) is 41.4 Å². The van der Waals surface area contributed by atoms with E-state index in [0.29, 0.717) is 10.0 Å². The van der Waals surface area contributed by atoms with Crippen LogP contribution in [0.25, 0.3) is 0 Å². The topological polar surface area (TPSA) is 66.5 Å². The average Bonchev–Trinajstić information content (AvgIpc) is 2.70. The molecule has 0 spiro atoms. The molecular formula is C22H26Cl2N2O3S. The summed E-state index contributed by atoms with van der Waals surface area (Å²) in [7, 11) is -3.22. The minimum Gasteiger partial charge on any atom is -0.349 e. The first-order chi connectivity index (χ1) is 14.1. The van der Waals surface area contributed by atoms with Crippen LogP contribution in [0.2, 0.25) is 10.0 Å². The molecule has 1 aliphatic heterocycles. The van der Waals surface area contributed by atoms with Crippen LogP contribution in [-0.4, -0.2) is 38.6 Å². The van der Waals surface area contributed by atoms with Crippen molar-refractivity contribution in [2.24, 2.45) is 5.92 Å². The number of rotatable bonds is 6. The van der Waals surface area contributed by atoms with Crippen molar-refractivity contribution >= 4 is 38.9 Å². The average molecular weight is 469 g/mol. The normalized spacial score (nSPS) is 16.9. The molecule has 1 unspecified atom stereocenters. The van der Waals surface area contributed by atoms with E-state index in [-0.39, 0.29) is 22.8 Å². The highest BCUT2D eigenvalue weighted by molar-refractivity contribution is 7.90. The zero-order valence-corrected chi connectivity index (χ0v) is 19.4. The van der Waals surface area contributed by atoms with Gasteiger partial charge in [-0.15, -0.1) is 0 Å². The highest BCUT2D eigenvalue weighted by Crippen LogP contribution is 2.25. The van der Waals surface area contributed by atoms with Crippen LogP contribution < -0.4 is 5.32 Å². The van der Waals surface area contributed by atoms with Gasteiger partial charge in [0.25, 0.3) is 0 Å². The smallest absolute Gasteiger partial charge is 0.223 e. The number of carbonyl (C=O) groups is 1. The summed E-state index contributed by atoms with van der Waals surface area (Å²) in [6.45, 7) is 4.38. The predicted octanol–water partition coefficient (Wildman–Crippen LogP) is 4.49. The molecule has 8 heteroatoms. The number of amides is 1. The van der Waals surface area contributed by atoms with Crippen molar-refractivity contribution in [3.63, 3.8) is 0 Å². The number of carbonyl (C=O) groups excluding carboxylic acids is 1. The Hall–Kier alpha value is -1.60. The summed E-state index contributed by atoms with van der Waals surface area (Å²) in [4.78, 5) is 15.3. The summed E-state index contributed by atoms with van der Waals surface area (Å²) in [6.07, 6.45) is 2.78. The Morgan fingerprint density at radius 1 is 1.10 bits per heavy atom. The summed E-state index contributed by atoms with van der Waals surface area (Å²) in [5, 5.41) is 4.17. The zero-order valence-electron chi connectivity index (χ0n) is 17.1. The predicted molar refractivity (Wildman–Crippen MR) is 121 cm³/mol. The molecule has 1 saturated heterocycles. The largest absolute Gasteiger partial charge is 0.349 e. The summed E-state index contributed by atoms with van der Waals surface area (Å²) in [5.74, 6) is 0.0247. The molecule has 0 saturated carbocycles. The maximum atomic E-state index is 12.7. The van der Waals surface area contributed by atoms with Crippen LogP contribution in [0.1, 0.15) is 36.9 Å². The number of piperidine rings is 1. The Morgan fingerprint density at radius 3 is 2.30 bits per heavy atom. The van der Waals surface area contributed by atoms with Gasteiger partial charge in [0.2, 0.25) is 5.91 Å². The third-order valence-corrected chi connectivity index (χ3v) is 7.38. The first-order valence-corrected chi connectivity index (χ1v) is 12.5. The highest BCUT2D eigenvalue weighted by atomic mass is 35.5. The molecule has 1 aliphatic rings. The lowest BCUT2D eigenvalue weighted by Crippen LogP contribution is -2.40. The summed E-state index contributed by atoms with van der Waals surface area (Å²) < 4.78 is 23.2. The molecule has 30 heavy (non-hydrogen) atoms. The lowest BCUT2D eigenvalue weighted by Gasteiger charge is -2.32. The van der Waals surface area contributed by atoms with Crippen molar-refractivity contribution < 1.29 is 13.2 Å². The Bertz CT molecular complexity index is 1000. The summed E-state index contributed by atoms with van der Waals surface area (Å²) in [6, 6.07) is 12.2. The minimum absolute atomic E-state index is 0.0206. The van der Waals surface area contributed by atoms with E-state index in [1.54, 1.807) is 24.3 Å². The van der Waals surface area contributed by atoms with E-state index in [1.807, 2.05) is 25.1 Å². The molecule has 0 bridgehead atoms. The zero-order chi connectivity index (χ0) is 21.9. The first-order valence-electron chi connectivity index (χ1n) is 9.90. The Morgan fingerprint density at radius 2 is 1.73 bits per heavy atom. The monoisotopic (exact) mass is 468 g/mol. The fourth-order valence-corrected chi connectivity index (χ4v) is 4.62. The van der Waals surface area contributed by atoms with Gasteiger partial charge in [-0.25, -0.2) is 8.42 Å². The maximum Gasteiger partial charge on any atom is 0.223 e. The van der Waals surface area contributed by atoms with Gasteiger partial charge in [0.1, 0.15) is 0 Å². The van der Waals surface area contributed by atoms with Crippen LogP contribution in [0.3, 0.4) is 0 Å². The molecular weight excluding hydrogens is 443 g/mol. The molecule has 1 heterocycles. The number of halogens is 2. The number of hydrogen-bond acceptors (Lipinski definition) is 4. The lowest BCUT2D eigenvalue weighted by molar-refractivity contribution is -0.127. The van der Waals surface area contributed by atoms with Crippen molar-refractivity contribution in [1.29, 1.82) is 0 Å². The van der Waals surface area contributed by atoms with Crippen molar-refractivity contribution in [2.75, 3.05) is 19.3 Å². The third kappa shape index (κ3) is 5.97. The van der Waals surface area contributed by atoms with E-state index in [2.05, 4.69) is 10.2 Å². The first kappa shape index (κ1) is 23.1. The molecule has 2 aromatic rings. The standard InChI is InChI=1S/C22H26Cl2N2O3S/c1-15(17-4-6-19(7-5-17)30(2,28)29)25-22(27)18-9-11-26(12-10-18)14-16-3-8-20(23)21(24)13-16/h3-8,13,15,18H,9-12,14H2,1-2H3,(H,25,27). The molecule has 0 aliphatic carbocycles. The number of benzene rings is 2. The van der Waals surface area contributed by atoms with Crippen LogP contribution in [0.5, 0.6) is 0 Å². The van der Waals surface area contributed by atoms with Crippen molar-refractivity contribution in [3.05, 3.63) is 63.6 Å². The maximum absolute atomic E-state index is 12.7. The Balaban J connectivity index is 1.50. The molecule has 0 radical (unpaired) electrons. The van der Waals surface area contributed by atoms with Gasteiger partial charge in [-0.2, -0.15) is 0 Å². The number of hydrogen-bond donors (Lipinski definition) is 1. The van der Waals surface area contributed by atoms with Crippen LogP contribution >= 0.6 is 23.2 Å². The number of nitrogens with zero attached hydrogens (tertiary/aromatic N) is 1. The van der Waals surface area contributed by atoms with E-state index >= 15 is 0 Å². The number of likely N-dealkylation sites (tertiary alicyclic amines) is 1. The van der Waals surface area contributed by atoms with Gasteiger partial charge in [0.05, 0.1) is 21.0 Å². The number of sulfone groups is 1. The van der Waals surface area contributed by atoms with Gasteiger partial charge in [-0.3, -0.25) is 9.69 Å². The second-order valence-electron chi connectivity index (χ2n) is 7.87. The van der Waals surface area contributed by atoms with Gasteiger partial charge >= 0.3 is 0 Å². The lowest BCUT2D eigenvalue weighted by atomic mass is 9.95. The van der Waals surface area contributed by atoms with E-state index in [0.717, 1.165) is 43.6 Å². The van der Waals surface area contributed by atoms with Gasteiger partial charge in [0, 0.05) is 18.7 Å². The van der Waals surface area contributed by atoms with E-state index in [9.17, 15) is 13.2 Å². The van der Waals surface area contributed by atoms with E-state index in [1.165, 1.54) is 6.26 Å². The Labute approximate surface area is 188 Å². The van der Waals surface area contributed by atoms with Crippen molar-refractivity contribution in [2.45, 2.75) is 37.2 Å². The molecule has 5 nitrogen and oxygen atoms in total. The number of nitrogens with one attached hydrogen (secondary N) is 1. The van der Waals surface area contributed by atoms with E-state index < -0.39 is 9.84 Å². The molecule has 1 atom stereocenters. The molecule has 1 N–H and O–H groups in total. The molecule has 0 aromatic heterocycles. The quantitative estimate of drug-likeness (QED) is 0.677. The highest BCUT2D eigenvalue weighted by Gasteiger charge is 2.26. The fourth-order valence-electron chi connectivity index (χ4n) is 3.67. The van der Waals surface area contributed by atoms with Gasteiger partial charge in [0.15, 0.2) is 9.84 Å². The van der Waals surface area contributed by atoms with Gasteiger partial charge < -0.3 is 5.32 Å². The molecule has 2 aromatic carbocycles. The van der Waals surface area contributed by atoms with Gasteiger partial charge in [-0.05, 0) is 68.2 Å². The second kappa shape index (κ2) is 9.69. The van der Waals surface area contributed by atoms with Crippen LogP contribution in [0.4, 0.5) is 0 Å². The minimum atomic E-state index is -3.22. The summed E-state index contributed by atoms with van der Waals surface area (Å²) in [5.41, 5.74) is 1.99. The van der Waals surface area contributed by atoms with Crippen molar-refractivity contribution in [1.82, 2.24) is 10.2 Å². The molecule has 1 amide bonds. The third-order valence-electron chi connectivity index (χ3n) is 5.52. The molecule has 3 rings (SSSR count). The fraction of sp³-hybridized carbons (Fsp3) is 0.409. The van der Waals surface area contributed by atoms with Crippen molar-refractivity contribution in [3.8, 4) is 0 Å². The summed E-state index contributed by atoms with van der Waals surface area (Å²) >= 11 is 12.1. The second-order valence-corrected chi connectivity index (χ2v) is 10.7. The van der Waals surface area contributed by atoms with Crippen LogP contribution in [0.15, 0.2) is 47.4 Å². The molecule has 162 valence electrons. The Kier molecular flexibility index (Phi) is 7.45. The molecule has 1 fully saturated rings. The van der Waals surface area contributed by atoms with Crippen LogP contribution in [-0.2, 0) is 21.2 Å². The van der Waals surface area contributed by atoms with Crippen LogP contribution in [0, 0.1) is 5.92 Å². The SMILES string of the molecule is CC(NC(=O)C1CCN(Cc2ccc(Cl)c(Cl)c2)CC1)c1ccc(S(C)(=O)=O)cc1. The van der Waals surface area contributed by atoms with E-state index in [4.69, 9.17) is 23.2 Å².